The van der Waals surface area contributed by atoms with Gasteiger partial charge in [0.2, 0.25) is 0 Å². The standard InChI is InChI=1S/C25H25NO4S/c1-18(20-9-12-23-24(17-20)30-14-13-29-23)26-25(27)19-7-10-21(11-8-19)28-15-16-31-22-5-3-2-4-6-22/h2-12,17-18H,13-16H2,1H3,(H,26,27)/t18-/m1/s1. The number of carbonyl (C=O) groups is 1. The van der Waals surface area contributed by atoms with Crippen molar-refractivity contribution in [2.45, 2.75) is 17.9 Å². The fraction of sp³-hybridized carbons (Fsp3) is 0.240. The fourth-order valence-electron chi connectivity index (χ4n) is 3.23. The van der Waals surface area contributed by atoms with Crippen molar-refractivity contribution in [2.75, 3.05) is 25.6 Å². The summed E-state index contributed by atoms with van der Waals surface area (Å²) in [6.45, 7) is 3.65. The Hall–Kier alpha value is -3.12. The van der Waals surface area contributed by atoms with Crippen LogP contribution in [0.3, 0.4) is 0 Å². The molecule has 0 unspecified atom stereocenters. The summed E-state index contributed by atoms with van der Waals surface area (Å²) >= 11 is 1.76. The zero-order valence-electron chi connectivity index (χ0n) is 17.4. The molecule has 3 aromatic carbocycles. The molecule has 0 radical (unpaired) electrons. The molecule has 0 spiro atoms. The van der Waals surface area contributed by atoms with Gasteiger partial charge in [0.15, 0.2) is 11.5 Å². The molecule has 5 nitrogen and oxygen atoms in total. The van der Waals surface area contributed by atoms with E-state index in [1.165, 1.54) is 4.90 Å². The first-order valence-corrected chi connectivity index (χ1v) is 11.3. The average Bonchev–Trinajstić information content (AvgIpc) is 2.82. The van der Waals surface area contributed by atoms with Crippen LogP contribution in [-0.4, -0.2) is 31.5 Å². The summed E-state index contributed by atoms with van der Waals surface area (Å²) < 4.78 is 17.0. The molecule has 0 fully saturated rings. The van der Waals surface area contributed by atoms with Gasteiger partial charge in [0.05, 0.1) is 12.6 Å². The van der Waals surface area contributed by atoms with E-state index in [4.69, 9.17) is 14.2 Å². The first-order valence-electron chi connectivity index (χ1n) is 10.3. The lowest BCUT2D eigenvalue weighted by Crippen LogP contribution is -2.26. The maximum absolute atomic E-state index is 12.6. The number of fused-ring (bicyclic) bond motifs is 1. The van der Waals surface area contributed by atoms with Crippen molar-refractivity contribution in [1.29, 1.82) is 0 Å². The molecule has 1 heterocycles. The number of rotatable bonds is 8. The summed E-state index contributed by atoms with van der Waals surface area (Å²) in [7, 11) is 0. The molecular formula is C25H25NO4S. The van der Waals surface area contributed by atoms with Crippen LogP contribution in [0.5, 0.6) is 17.2 Å². The van der Waals surface area contributed by atoms with Crippen molar-refractivity contribution in [1.82, 2.24) is 5.32 Å². The smallest absolute Gasteiger partial charge is 0.251 e. The van der Waals surface area contributed by atoms with Crippen molar-refractivity contribution in [3.8, 4) is 17.2 Å². The number of hydrogen-bond acceptors (Lipinski definition) is 5. The summed E-state index contributed by atoms with van der Waals surface area (Å²) in [6, 6.07) is 23.1. The maximum Gasteiger partial charge on any atom is 0.251 e. The van der Waals surface area contributed by atoms with Gasteiger partial charge in [-0.15, -0.1) is 11.8 Å². The van der Waals surface area contributed by atoms with Gasteiger partial charge in [-0.25, -0.2) is 0 Å². The summed E-state index contributed by atoms with van der Waals surface area (Å²) in [4.78, 5) is 13.9. The van der Waals surface area contributed by atoms with Gasteiger partial charge in [0, 0.05) is 16.2 Å². The van der Waals surface area contributed by atoms with E-state index < -0.39 is 0 Å². The molecule has 1 atom stereocenters. The average molecular weight is 436 g/mol. The normalized spacial score (nSPS) is 13.3. The number of benzene rings is 3. The Morgan fingerprint density at radius 1 is 1.00 bits per heavy atom. The van der Waals surface area contributed by atoms with Crippen LogP contribution >= 0.6 is 11.8 Å². The molecule has 6 heteroatoms. The first kappa shape index (κ1) is 21.1. The van der Waals surface area contributed by atoms with E-state index in [0.717, 1.165) is 28.6 Å². The molecule has 3 aromatic rings. The minimum Gasteiger partial charge on any atom is -0.493 e. The van der Waals surface area contributed by atoms with E-state index in [1.807, 2.05) is 55.5 Å². The third kappa shape index (κ3) is 5.73. The lowest BCUT2D eigenvalue weighted by atomic mass is 10.1. The zero-order valence-corrected chi connectivity index (χ0v) is 18.2. The molecule has 1 aliphatic heterocycles. The number of carbonyl (C=O) groups excluding carboxylic acids is 1. The van der Waals surface area contributed by atoms with Gasteiger partial charge in [0.1, 0.15) is 19.0 Å². The molecular weight excluding hydrogens is 410 g/mol. The lowest BCUT2D eigenvalue weighted by molar-refractivity contribution is 0.0939. The summed E-state index contributed by atoms with van der Waals surface area (Å²) in [5.41, 5.74) is 1.56. The van der Waals surface area contributed by atoms with Crippen molar-refractivity contribution in [3.05, 3.63) is 83.9 Å². The van der Waals surface area contributed by atoms with Crippen LogP contribution in [0.1, 0.15) is 28.9 Å². The van der Waals surface area contributed by atoms with E-state index in [-0.39, 0.29) is 11.9 Å². The molecule has 4 rings (SSSR count). The monoisotopic (exact) mass is 435 g/mol. The van der Waals surface area contributed by atoms with Gasteiger partial charge >= 0.3 is 0 Å². The molecule has 0 aliphatic carbocycles. The van der Waals surface area contributed by atoms with Crippen molar-refractivity contribution in [3.63, 3.8) is 0 Å². The first-order chi connectivity index (χ1) is 15.2. The van der Waals surface area contributed by atoms with Crippen molar-refractivity contribution >= 4 is 17.7 Å². The number of nitrogens with one attached hydrogen (secondary N) is 1. The zero-order chi connectivity index (χ0) is 21.5. The van der Waals surface area contributed by atoms with Gasteiger partial charge in [-0.1, -0.05) is 24.3 Å². The highest BCUT2D eigenvalue weighted by molar-refractivity contribution is 7.99. The Labute approximate surface area is 186 Å². The second-order valence-corrected chi connectivity index (χ2v) is 8.30. The van der Waals surface area contributed by atoms with Gasteiger partial charge in [-0.3, -0.25) is 4.79 Å². The fourth-order valence-corrected chi connectivity index (χ4v) is 3.98. The van der Waals surface area contributed by atoms with E-state index in [1.54, 1.807) is 23.9 Å². The maximum atomic E-state index is 12.6. The molecule has 31 heavy (non-hydrogen) atoms. The van der Waals surface area contributed by atoms with Crippen LogP contribution in [0.2, 0.25) is 0 Å². The molecule has 0 bridgehead atoms. The van der Waals surface area contributed by atoms with Crippen LogP contribution in [0.15, 0.2) is 77.7 Å². The Kier molecular flexibility index (Phi) is 6.99. The highest BCUT2D eigenvalue weighted by atomic mass is 32.2. The predicted octanol–water partition coefficient (Wildman–Crippen LogP) is 5.12. The summed E-state index contributed by atoms with van der Waals surface area (Å²) in [5, 5.41) is 3.03. The lowest BCUT2D eigenvalue weighted by Gasteiger charge is -2.21. The van der Waals surface area contributed by atoms with Gasteiger partial charge in [0.25, 0.3) is 5.91 Å². The van der Waals surface area contributed by atoms with E-state index in [9.17, 15) is 4.79 Å². The number of hydrogen-bond donors (Lipinski definition) is 1. The number of ether oxygens (including phenoxy) is 3. The van der Waals surface area contributed by atoms with E-state index in [2.05, 4.69) is 17.4 Å². The quantitative estimate of drug-likeness (QED) is 0.393. The molecule has 1 amide bonds. The van der Waals surface area contributed by atoms with Crippen LogP contribution in [0, 0.1) is 0 Å². The number of amides is 1. The van der Waals surface area contributed by atoms with Crippen molar-refractivity contribution in [2.24, 2.45) is 0 Å². The van der Waals surface area contributed by atoms with Crippen LogP contribution in [0.4, 0.5) is 0 Å². The molecule has 0 saturated heterocycles. The SMILES string of the molecule is C[C@@H](NC(=O)c1ccc(OCCSc2ccccc2)cc1)c1ccc2c(c1)OCCO2. The van der Waals surface area contributed by atoms with Crippen LogP contribution in [0.25, 0.3) is 0 Å². The molecule has 0 saturated carbocycles. The van der Waals surface area contributed by atoms with E-state index in [0.29, 0.717) is 25.4 Å². The predicted molar refractivity (Wildman–Crippen MR) is 122 cm³/mol. The van der Waals surface area contributed by atoms with Gasteiger partial charge in [-0.05, 0) is 61.0 Å². The van der Waals surface area contributed by atoms with Crippen LogP contribution < -0.4 is 19.5 Å². The summed E-state index contributed by atoms with van der Waals surface area (Å²) in [6.07, 6.45) is 0. The van der Waals surface area contributed by atoms with Crippen LogP contribution in [-0.2, 0) is 0 Å². The van der Waals surface area contributed by atoms with Gasteiger partial charge < -0.3 is 19.5 Å². The van der Waals surface area contributed by atoms with Crippen molar-refractivity contribution < 1.29 is 19.0 Å². The second-order valence-electron chi connectivity index (χ2n) is 7.13. The topological polar surface area (TPSA) is 56.8 Å². The Bertz CT molecular complexity index is 1010. The minimum atomic E-state index is -0.158. The molecule has 160 valence electrons. The highest BCUT2D eigenvalue weighted by Crippen LogP contribution is 2.32. The third-order valence-electron chi connectivity index (χ3n) is 4.89. The molecule has 0 aromatic heterocycles. The highest BCUT2D eigenvalue weighted by Gasteiger charge is 2.16. The molecule has 1 N–H and O–H groups in total. The van der Waals surface area contributed by atoms with Gasteiger partial charge in [-0.2, -0.15) is 0 Å². The minimum absolute atomic E-state index is 0.131. The summed E-state index contributed by atoms with van der Waals surface area (Å²) in [5.74, 6) is 2.95. The largest absolute Gasteiger partial charge is 0.493 e. The molecule has 1 aliphatic rings. The van der Waals surface area contributed by atoms with E-state index >= 15 is 0 Å². The third-order valence-corrected chi connectivity index (χ3v) is 5.87. The second kappa shape index (κ2) is 10.3. The Morgan fingerprint density at radius 2 is 1.74 bits per heavy atom. The Morgan fingerprint density at radius 3 is 2.52 bits per heavy atom. The Balaban J connectivity index is 1.27. The number of thioether (sulfide) groups is 1.